The van der Waals surface area contributed by atoms with Crippen LogP contribution in [-0.2, 0) is 0 Å². The zero-order chi connectivity index (χ0) is 14.7. The van der Waals surface area contributed by atoms with Gasteiger partial charge in [-0.3, -0.25) is 3.53 Å². The average molecular weight is 393 g/mol. The van der Waals surface area contributed by atoms with Crippen LogP contribution in [0, 0.1) is 0 Å². The van der Waals surface area contributed by atoms with Crippen LogP contribution in [0.3, 0.4) is 0 Å². The van der Waals surface area contributed by atoms with E-state index >= 15 is 0 Å². The second-order valence-corrected chi connectivity index (χ2v) is 6.58. The SMILES string of the molecule is CCCCCCCC/C=C\CCCCCCCCNI. The van der Waals surface area contributed by atoms with E-state index in [0.29, 0.717) is 0 Å². The van der Waals surface area contributed by atoms with E-state index in [1.165, 1.54) is 96.4 Å². The molecule has 0 aliphatic heterocycles. The topological polar surface area (TPSA) is 12.0 Å². The molecule has 0 aromatic rings. The molecule has 1 N–H and O–H groups in total. The standard InChI is InChI=1S/C18H36IN/c1-2-3-4-5-6-7-8-9-10-11-12-13-14-15-16-17-18-20-19/h9-10,20H,2-8,11-18H2,1H3/b10-9-. The molecule has 0 aromatic heterocycles. The molecule has 0 aliphatic carbocycles. The Morgan fingerprint density at radius 2 is 1.10 bits per heavy atom. The number of nitrogens with one attached hydrogen (secondary N) is 1. The summed E-state index contributed by atoms with van der Waals surface area (Å²) in [5, 5.41) is 0. The van der Waals surface area contributed by atoms with Gasteiger partial charge < -0.3 is 0 Å². The maximum atomic E-state index is 3.18. The number of halogens is 1. The Hall–Kier alpha value is 0.430. The van der Waals surface area contributed by atoms with Gasteiger partial charge >= 0.3 is 0 Å². The molecule has 0 aliphatic rings. The summed E-state index contributed by atoms with van der Waals surface area (Å²) in [7, 11) is 0. The van der Waals surface area contributed by atoms with Gasteiger partial charge in [0, 0.05) is 29.4 Å². The van der Waals surface area contributed by atoms with Crippen LogP contribution in [0.4, 0.5) is 0 Å². The van der Waals surface area contributed by atoms with Crippen molar-refractivity contribution >= 4 is 22.9 Å². The van der Waals surface area contributed by atoms with E-state index in [-0.39, 0.29) is 0 Å². The number of rotatable bonds is 16. The molecule has 0 bridgehead atoms. The first-order chi connectivity index (χ1) is 9.91. The Bertz CT molecular complexity index is 192. The molecule has 0 rings (SSSR count). The molecule has 0 saturated carbocycles. The molecule has 0 radical (unpaired) electrons. The fraction of sp³-hybridized carbons (Fsp3) is 0.889. The molecule has 120 valence electrons. The molecular weight excluding hydrogens is 357 g/mol. The highest BCUT2D eigenvalue weighted by Crippen LogP contribution is 2.09. The smallest absolute Gasteiger partial charge is 0.0169 e. The summed E-state index contributed by atoms with van der Waals surface area (Å²) in [6.07, 6.45) is 24.3. The molecule has 0 fully saturated rings. The van der Waals surface area contributed by atoms with Crippen LogP contribution in [-0.4, -0.2) is 6.54 Å². The molecule has 0 saturated heterocycles. The van der Waals surface area contributed by atoms with Crippen LogP contribution in [0.1, 0.15) is 96.8 Å². The van der Waals surface area contributed by atoms with Crippen molar-refractivity contribution in [3.63, 3.8) is 0 Å². The van der Waals surface area contributed by atoms with E-state index in [9.17, 15) is 0 Å². The van der Waals surface area contributed by atoms with Crippen molar-refractivity contribution in [1.29, 1.82) is 0 Å². The summed E-state index contributed by atoms with van der Waals surface area (Å²) in [6.45, 7) is 3.45. The van der Waals surface area contributed by atoms with Crippen molar-refractivity contribution < 1.29 is 0 Å². The van der Waals surface area contributed by atoms with E-state index in [4.69, 9.17) is 0 Å². The largest absolute Gasteiger partial charge is 0.261 e. The molecule has 0 aromatic carbocycles. The maximum Gasteiger partial charge on any atom is 0.0169 e. The van der Waals surface area contributed by atoms with Crippen LogP contribution in [0.25, 0.3) is 0 Å². The molecule has 2 heteroatoms. The maximum absolute atomic E-state index is 3.18. The normalized spacial score (nSPS) is 11.5. The number of hydrogen-bond donors (Lipinski definition) is 1. The first-order valence-electron chi connectivity index (χ1n) is 8.90. The zero-order valence-electron chi connectivity index (χ0n) is 13.6. The third kappa shape index (κ3) is 18.4. The zero-order valence-corrected chi connectivity index (χ0v) is 15.8. The van der Waals surface area contributed by atoms with E-state index in [2.05, 4.69) is 45.5 Å². The van der Waals surface area contributed by atoms with Gasteiger partial charge in [0.1, 0.15) is 0 Å². The fourth-order valence-corrected chi connectivity index (χ4v) is 2.82. The summed E-state index contributed by atoms with van der Waals surface area (Å²) >= 11 is 2.23. The third-order valence-corrected chi connectivity index (χ3v) is 4.32. The first kappa shape index (κ1) is 20.4. The molecule has 0 atom stereocenters. The molecule has 20 heavy (non-hydrogen) atoms. The Balaban J connectivity index is 3.01. The summed E-state index contributed by atoms with van der Waals surface area (Å²) in [4.78, 5) is 0. The van der Waals surface area contributed by atoms with Crippen molar-refractivity contribution in [2.24, 2.45) is 0 Å². The summed E-state index contributed by atoms with van der Waals surface area (Å²) in [5.41, 5.74) is 0. The van der Waals surface area contributed by atoms with Crippen LogP contribution in [0.2, 0.25) is 0 Å². The lowest BCUT2D eigenvalue weighted by molar-refractivity contribution is 0.596. The summed E-state index contributed by atoms with van der Waals surface area (Å²) < 4.78 is 3.18. The average Bonchev–Trinajstić information content (AvgIpc) is 2.47. The molecular formula is C18H36IN. The van der Waals surface area contributed by atoms with Gasteiger partial charge in [-0.2, -0.15) is 0 Å². The second-order valence-electron chi connectivity index (χ2n) is 5.82. The van der Waals surface area contributed by atoms with Crippen molar-refractivity contribution in [1.82, 2.24) is 3.53 Å². The molecule has 0 unspecified atom stereocenters. The molecule has 0 heterocycles. The Morgan fingerprint density at radius 3 is 1.60 bits per heavy atom. The highest BCUT2D eigenvalue weighted by Gasteiger charge is 1.91. The molecule has 0 spiro atoms. The monoisotopic (exact) mass is 393 g/mol. The lowest BCUT2D eigenvalue weighted by Crippen LogP contribution is -1.98. The van der Waals surface area contributed by atoms with Gasteiger partial charge in [0.25, 0.3) is 0 Å². The van der Waals surface area contributed by atoms with Crippen LogP contribution < -0.4 is 3.53 Å². The Kier molecular flexibility index (Phi) is 19.8. The number of unbranched alkanes of at least 4 members (excludes halogenated alkanes) is 12. The van der Waals surface area contributed by atoms with Crippen molar-refractivity contribution in [3.05, 3.63) is 12.2 Å². The van der Waals surface area contributed by atoms with Crippen molar-refractivity contribution in [2.75, 3.05) is 6.54 Å². The van der Waals surface area contributed by atoms with Gasteiger partial charge in [-0.05, 0) is 32.1 Å². The Morgan fingerprint density at radius 1 is 0.650 bits per heavy atom. The van der Waals surface area contributed by atoms with Crippen LogP contribution >= 0.6 is 22.9 Å². The third-order valence-electron chi connectivity index (χ3n) is 3.78. The lowest BCUT2D eigenvalue weighted by atomic mass is 10.1. The van der Waals surface area contributed by atoms with Gasteiger partial charge in [0.05, 0.1) is 0 Å². The first-order valence-corrected chi connectivity index (χ1v) is 9.98. The van der Waals surface area contributed by atoms with E-state index in [1.54, 1.807) is 0 Å². The lowest BCUT2D eigenvalue weighted by Gasteiger charge is -2.00. The highest BCUT2D eigenvalue weighted by atomic mass is 127. The molecule has 0 amide bonds. The summed E-state index contributed by atoms with van der Waals surface area (Å²) in [6, 6.07) is 0. The van der Waals surface area contributed by atoms with Crippen molar-refractivity contribution in [3.8, 4) is 0 Å². The van der Waals surface area contributed by atoms with Crippen LogP contribution in [0.15, 0.2) is 12.2 Å². The minimum atomic E-state index is 1.17. The fourth-order valence-electron chi connectivity index (χ4n) is 2.44. The van der Waals surface area contributed by atoms with E-state index in [0.717, 1.165) is 0 Å². The van der Waals surface area contributed by atoms with E-state index in [1.807, 2.05) is 0 Å². The van der Waals surface area contributed by atoms with Gasteiger partial charge in [-0.25, -0.2) is 0 Å². The number of hydrogen-bond acceptors (Lipinski definition) is 1. The van der Waals surface area contributed by atoms with Crippen LogP contribution in [0.5, 0.6) is 0 Å². The van der Waals surface area contributed by atoms with Gasteiger partial charge in [0.15, 0.2) is 0 Å². The second kappa shape index (κ2) is 19.4. The van der Waals surface area contributed by atoms with Gasteiger partial charge in [-0.15, -0.1) is 0 Å². The predicted octanol–water partition coefficient (Wildman–Crippen LogP) is 6.96. The van der Waals surface area contributed by atoms with E-state index < -0.39 is 0 Å². The quantitative estimate of drug-likeness (QED) is 0.129. The summed E-state index contributed by atoms with van der Waals surface area (Å²) in [5.74, 6) is 0. The minimum Gasteiger partial charge on any atom is -0.261 e. The van der Waals surface area contributed by atoms with Gasteiger partial charge in [-0.1, -0.05) is 76.9 Å². The minimum absolute atomic E-state index is 1.17. The molecule has 1 nitrogen and oxygen atoms in total. The predicted molar refractivity (Wildman–Crippen MR) is 101 cm³/mol. The highest BCUT2D eigenvalue weighted by molar-refractivity contribution is 14.1. The van der Waals surface area contributed by atoms with Gasteiger partial charge in [0.2, 0.25) is 0 Å². The van der Waals surface area contributed by atoms with Crippen molar-refractivity contribution in [2.45, 2.75) is 96.8 Å². The Labute approximate surface area is 141 Å². The number of allylic oxidation sites excluding steroid dienone is 2.